The highest BCUT2D eigenvalue weighted by molar-refractivity contribution is 4.90. The summed E-state index contributed by atoms with van der Waals surface area (Å²) in [7, 11) is 4.41. The Morgan fingerprint density at radius 1 is 1.21 bits per heavy atom. The van der Waals surface area contributed by atoms with E-state index in [4.69, 9.17) is 4.74 Å². The average molecular weight is 268 g/mol. The second-order valence-corrected chi connectivity index (χ2v) is 6.98. The van der Waals surface area contributed by atoms with Crippen molar-refractivity contribution in [2.75, 3.05) is 27.2 Å². The fourth-order valence-electron chi connectivity index (χ4n) is 4.32. The van der Waals surface area contributed by atoms with E-state index in [2.05, 4.69) is 45.1 Å². The highest BCUT2D eigenvalue weighted by atomic mass is 16.5. The van der Waals surface area contributed by atoms with Gasteiger partial charge in [-0.1, -0.05) is 13.8 Å². The van der Waals surface area contributed by atoms with Crippen molar-refractivity contribution < 1.29 is 4.74 Å². The largest absolute Gasteiger partial charge is 0.377 e. The zero-order chi connectivity index (χ0) is 14.0. The Hall–Kier alpha value is -0.120. The van der Waals surface area contributed by atoms with E-state index in [0.717, 1.165) is 24.4 Å². The standard InChI is InChI=1S/C16H32N2O/c1-11-8-12(2)14(15(9-11)17-4)10-18(5)16-6-7-19-13(16)3/h11-17H,6-10H2,1-5H3. The minimum atomic E-state index is 0.399. The number of likely N-dealkylation sites (N-methyl/N-ethyl adjacent to an activating group) is 1. The lowest BCUT2D eigenvalue weighted by Crippen LogP contribution is -2.50. The third-order valence-electron chi connectivity index (χ3n) is 5.45. The molecule has 1 aliphatic heterocycles. The lowest BCUT2D eigenvalue weighted by atomic mass is 9.72. The summed E-state index contributed by atoms with van der Waals surface area (Å²) in [5.74, 6) is 2.46. The highest BCUT2D eigenvalue weighted by Gasteiger charge is 2.36. The van der Waals surface area contributed by atoms with E-state index in [1.165, 1.54) is 25.8 Å². The van der Waals surface area contributed by atoms with Gasteiger partial charge in [0, 0.05) is 25.2 Å². The van der Waals surface area contributed by atoms with Gasteiger partial charge in [-0.25, -0.2) is 0 Å². The maximum atomic E-state index is 5.72. The van der Waals surface area contributed by atoms with Crippen LogP contribution >= 0.6 is 0 Å². The van der Waals surface area contributed by atoms with E-state index in [9.17, 15) is 0 Å². The molecule has 2 aliphatic rings. The second-order valence-electron chi connectivity index (χ2n) is 6.98. The molecule has 6 unspecified atom stereocenters. The molecule has 2 rings (SSSR count). The normalized spacial score (nSPS) is 43.9. The van der Waals surface area contributed by atoms with Gasteiger partial charge >= 0.3 is 0 Å². The molecule has 19 heavy (non-hydrogen) atoms. The van der Waals surface area contributed by atoms with Crippen molar-refractivity contribution in [1.82, 2.24) is 10.2 Å². The van der Waals surface area contributed by atoms with Gasteiger partial charge < -0.3 is 15.0 Å². The summed E-state index contributed by atoms with van der Waals surface area (Å²) in [5, 5.41) is 3.56. The van der Waals surface area contributed by atoms with Gasteiger partial charge in [-0.05, 0) is 58.0 Å². The van der Waals surface area contributed by atoms with Crippen LogP contribution in [0, 0.1) is 17.8 Å². The predicted molar refractivity (Wildman–Crippen MR) is 80.3 cm³/mol. The lowest BCUT2D eigenvalue weighted by molar-refractivity contribution is 0.0567. The molecule has 3 heteroatoms. The number of nitrogens with one attached hydrogen (secondary N) is 1. The molecule has 1 saturated carbocycles. The molecule has 3 nitrogen and oxygen atoms in total. The van der Waals surface area contributed by atoms with Crippen molar-refractivity contribution >= 4 is 0 Å². The predicted octanol–water partition coefficient (Wildman–Crippen LogP) is 2.37. The van der Waals surface area contributed by atoms with Crippen LogP contribution in [0.4, 0.5) is 0 Å². The summed E-state index contributed by atoms with van der Waals surface area (Å²) in [5.41, 5.74) is 0. The maximum Gasteiger partial charge on any atom is 0.0702 e. The summed E-state index contributed by atoms with van der Waals surface area (Å²) in [6, 6.07) is 1.29. The summed E-state index contributed by atoms with van der Waals surface area (Å²) in [4.78, 5) is 2.55. The summed E-state index contributed by atoms with van der Waals surface area (Å²) >= 11 is 0. The molecule has 112 valence electrons. The van der Waals surface area contributed by atoms with Crippen LogP contribution in [0.3, 0.4) is 0 Å². The molecule has 1 heterocycles. The summed E-state index contributed by atoms with van der Waals surface area (Å²) in [6.07, 6.45) is 4.30. The number of ether oxygens (including phenoxy) is 1. The van der Waals surface area contributed by atoms with Gasteiger partial charge in [0.1, 0.15) is 0 Å². The molecule has 0 radical (unpaired) electrons. The van der Waals surface area contributed by atoms with Gasteiger partial charge in [-0.3, -0.25) is 0 Å². The average Bonchev–Trinajstić information content (AvgIpc) is 2.78. The van der Waals surface area contributed by atoms with E-state index in [-0.39, 0.29) is 0 Å². The first-order valence-corrected chi connectivity index (χ1v) is 8.02. The van der Waals surface area contributed by atoms with Gasteiger partial charge in [-0.15, -0.1) is 0 Å². The quantitative estimate of drug-likeness (QED) is 0.847. The lowest BCUT2D eigenvalue weighted by Gasteiger charge is -2.42. The van der Waals surface area contributed by atoms with E-state index >= 15 is 0 Å². The molecule has 1 N–H and O–H groups in total. The van der Waals surface area contributed by atoms with E-state index in [1.54, 1.807) is 0 Å². The molecule has 0 spiro atoms. The van der Waals surface area contributed by atoms with Crippen LogP contribution in [0.1, 0.15) is 40.0 Å². The van der Waals surface area contributed by atoms with Gasteiger partial charge in [0.15, 0.2) is 0 Å². The molecule has 0 aromatic heterocycles. The Bertz CT molecular complexity index is 284. The molecule has 0 amide bonds. The Labute approximate surface area is 119 Å². The SMILES string of the molecule is CNC1CC(C)CC(C)C1CN(C)C1CCOC1C. The van der Waals surface area contributed by atoms with Crippen LogP contribution in [0.2, 0.25) is 0 Å². The summed E-state index contributed by atoms with van der Waals surface area (Å²) in [6.45, 7) is 9.19. The Morgan fingerprint density at radius 3 is 2.53 bits per heavy atom. The van der Waals surface area contributed by atoms with Crippen molar-refractivity contribution in [2.45, 2.75) is 58.2 Å². The van der Waals surface area contributed by atoms with Crippen LogP contribution < -0.4 is 5.32 Å². The zero-order valence-corrected chi connectivity index (χ0v) is 13.4. The van der Waals surface area contributed by atoms with Crippen LogP contribution in [0.15, 0.2) is 0 Å². The Morgan fingerprint density at radius 2 is 1.95 bits per heavy atom. The third-order valence-corrected chi connectivity index (χ3v) is 5.45. The Balaban J connectivity index is 1.95. The minimum absolute atomic E-state index is 0.399. The monoisotopic (exact) mass is 268 g/mol. The molecule has 0 aromatic rings. The van der Waals surface area contributed by atoms with Crippen molar-refractivity contribution in [3.05, 3.63) is 0 Å². The first-order valence-electron chi connectivity index (χ1n) is 8.02. The molecular formula is C16H32N2O. The van der Waals surface area contributed by atoms with Crippen LogP contribution in [0.25, 0.3) is 0 Å². The number of rotatable bonds is 4. The fourth-order valence-corrected chi connectivity index (χ4v) is 4.32. The van der Waals surface area contributed by atoms with Crippen molar-refractivity contribution in [1.29, 1.82) is 0 Å². The van der Waals surface area contributed by atoms with E-state index < -0.39 is 0 Å². The number of nitrogens with zero attached hydrogens (tertiary/aromatic N) is 1. The first-order chi connectivity index (χ1) is 9.02. The van der Waals surface area contributed by atoms with Crippen molar-refractivity contribution in [2.24, 2.45) is 17.8 Å². The molecule has 2 fully saturated rings. The molecule has 6 atom stereocenters. The van der Waals surface area contributed by atoms with E-state index in [1.807, 2.05) is 0 Å². The number of hydrogen-bond acceptors (Lipinski definition) is 3. The first kappa shape index (κ1) is 15.3. The number of hydrogen-bond donors (Lipinski definition) is 1. The van der Waals surface area contributed by atoms with Crippen LogP contribution in [-0.2, 0) is 4.74 Å². The molecule has 1 saturated heterocycles. The second kappa shape index (κ2) is 6.55. The van der Waals surface area contributed by atoms with Crippen molar-refractivity contribution in [3.8, 4) is 0 Å². The minimum Gasteiger partial charge on any atom is -0.377 e. The fraction of sp³-hybridized carbons (Fsp3) is 1.00. The molecule has 1 aliphatic carbocycles. The summed E-state index contributed by atoms with van der Waals surface area (Å²) < 4.78 is 5.72. The maximum absolute atomic E-state index is 5.72. The van der Waals surface area contributed by atoms with E-state index in [0.29, 0.717) is 18.2 Å². The van der Waals surface area contributed by atoms with Crippen molar-refractivity contribution in [3.63, 3.8) is 0 Å². The molecular weight excluding hydrogens is 236 g/mol. The zero-order valence-electron chi connectivity index (χ0n) is 13.4. The van der Waals surface area contributed by atoms with Crippen LogP contribution in [-0.4, -0.2) is 50.3 Å². The Kier molecular flexibility index (Phi) is 5.27. The van der Waals surface area contributed by atoms with Gasteiger partial charge in [-0.2, -0.15) is 0 Å². The third kappa shape index (κ3) is 3.50. The molecule has 0 aromatic carbocycles. The molecule has 0 bridgehead atoms. The van der Waals surface area contributed by atoms with Gasteiger partial charge in [0.25, 0.3) is 0 Å². The van der Waals surface area contributed by atoms with Crippen LogP contribution in [0.5, 0.6) is 0 Å². The van der Waals surface area contributed by atoms with Gasteiger partial charge in [0.05, 0.1) is 6.10 Å². The highest BCUT2D eigenvalue weighted by Crippen LogP contribution is 2.34. The topological polar surface area (TPSA) is 24.5 Å². The van der Waals surface area contributed by atoms with Gasteiger partial charge in [0.2, 0.25) is 0 Å². The smallest absolute Gasteiger partial charge is 0.0702 e.